The predicted molar refractivity (Wildman–Crippen MR) is 94.8 cm³/mol. The van der Waals surface area contributed by atoms with Gasteiger partial charge in [-0.2, -0.15) is 0 Å². The van der Waals surface area contributed by atoms with Gasteiger partial charge in [-0.1, -0.05) is 23.7 Å². The van der Waals surface area contributed by atoms with E-state index in [9.17, 15) is 4.79 Å². The third kappa shape index (κ3) is 3.86. The number of carbonyl (C=O) groups excluding carboxylic acids is 1. The first-order chi connectivity index (χ1) is 10.7. The van der Waals surface area contributed by atoms with E-state index in [2.05, 4.69) is 5.32 Å². The van der Waals surface area contributed by atoms with Gasteiger partial charge >= 0.3 is 7.12 Å². The van der Waals surface area contributed by atoms with Gasteiger partial charge in [-0.3, -0.25) is 4.79 Å². The Balaban J connectivity index is 2.38. The van der Waals surface area contributed by atoms with Crippen molar-refractivity contribution in [3.8, 4) is 0 Å². The van der Waals surface area contributed by atoms with Gasteiger partial charge in [0.2, 0.25) is 0 Å². The summed E-state index contributed by atoms with van der Waals surface area (Å²) in [6.07, 6.45) is 2.73. The highest BCUT2D eigenvalue weighted by molar-refractivity contribution is 6.56. The fraction of sp³-hybridized carbons (Fsp3) is 0.471. The minimum Gasteiger partial charge on any atom is -0.400 e. The zero-order chi connectivity index (χ0) is 17.3. The molecule has 0 spiro atoms. The highest BCUT2D eigenvalue weighted by Crippen LogP contribution is 2.39. The van der Waals surface area contributed by atoms with Gasteiger partial charge in [0.05, 0.1) is 11.2 Å². The highest BCUT2D eigenvalue weighted by Gasteiger charge is 2.52. The van der Waals surface area contributed by atoms with Crippen LogP contribution in [0.3, 0.4) is 0 Å². The molecule has 0 saturated carbocycles. The van der Waals surface area contributed by atoms with Crippen LogP contribution in [0.5, 0.6) is 0 Å². The molecule has 1 heterocycles. The molecule has 1 aromatic rings. The van der Waals surface area contributed by atoms with Crippen molar-refractivity contribution in [2.24, 2.45) is 0 Å². The van der Waals surface area contributed by atoms with Crippen LogP contribution in [-0.4, -0.2) is 38.2 Å². The lowest BCUT2D eigenvalue weighted by Gasteiger charge is -2.32. The lowest BCUT2D eigenvalue weighted by Crippen LogP contribution is -2.41. The van der Waals surface area contributed by atoms with Gasteiger partial charge in [0.1, 0.15) is 6.29 Å². The molecule has 1 N–H and O–H groups in total. The molecular formula is C17H23BClNO3. The van der Waals surface area contributed by atoms with Gasteiger partial charge in [-0.15, -0.1) is 0 Å². The second-order valence-corrected chi connectivity index (χ2v) is 7.14. The number of hydrogen-bond donors (Lipinski definition) is 1. The third-order valence-electron chi connectivity index (χ3n) is 4.43. The fourth-order valence-corrected chi connectivity index (χ4v) is 2.52. The molecule has 0 unspecified atom stereocenters. The van der Waals surface area contributed by atoms with Crippen molar-refractivity contribution in [1.82, 2.24) is 5.32 Å². The maximum Gasteiger partial charge on any atom is 0.491 e. The van der Waals surface area contributed by atoms with Crippen LogP contribution < -0.4 is 5.32 Å². The van der Waals surface area contributed by atoms with Crippen LogP contribution in [-0.2, 0) is 9.31 Å². The van der Waals surface area contributed by atoms with Crippen LogP contribution in [0.4, 0.5) is 0 Å². The average molecular weight is 336 g/mol. The number of rotatable bonds is 5. The van der Waals surface area contributed by atoms with E-state index in [4.69, 9.17) is 20.9 Å². The molecule has 0 amide bonds. The Morgan fingerprint density at radius 3 is 2.39 bits per heavy atom. The Morgan fingerprint density at radius 2 is 1.87 bits per heavy atom. The summed E-state index contributed by atoms with van der Waals surface area (Å²) in [7, 11) is 1.41. The molecule has 23 heavy (non-hydrogen) atoms. The van der Waals surface area contributed by atoms with Crippen LogP contribution in [0.15, 0.2) is 23.7 Å². The van der Waals surface area contributed by atoms with E-state index >= 15 is 0 Å². The van der Waals surface area contributed by atoms with Gasteiger partial charge in [-0.25, -0.2) is 0 Å². The maximum atomic E-state index is 11.0. The molecule has 124 valence electrons. The second-order valence-electron chi connectivity index (χ2n) is 6.74. The van der Waals surface area contributed by atoms with E-state index in [0.717, 1.165) is 17.3 Å². The van der Waals surface area contributed by atoms with Crippen molar-refractivity contribution in [3.63, 3.8) is 0 Å². The minimum atomic E-state index is -0.455. The minimum absolute atomic E-state index is 0.404. The van der Waals surface area contributed by atoms with Gasteiger partial charge in [-0.05, 0) is 57.9 Å². The summed E-state index contributed by atoms with van der Waals surface area (Å²) in [4.78, 5) is 11.0. The number of benzene rings is 1. The first-order valence-corrected chi connectivity index (χ1v) is 8.03. The molecule has 0 aliphatic carbocycles. The molecule has 1 aliphatic heterocycles. The zero-order valence-electron chi connectivity index (χ0n) is 14.3. The van der Waals surface area contributed by atoms with E-state index in [1.165, 1.54) is 0 Å². The van der Waals surface area contributed by atoms with E-state index in [-0.39, 0.29) is 0 Å². The number of hydrogen-bond acceptors (Lipinski definition) is 4. The molecule has 0 bridgehead atoms. The van der Waals surface area contributed by atoms with Crippen LogP contribution in [0.2, 0.25) is 5.02 Å². The molecule has 1 aromatic carbocycles. The molecule has 1 saturated heterocycles. The van der Waals surface area contributed by atoms with Gasteiger partial charge in [0.15, 0.2) is 0 Å². The molecule has 1 fully saturated rings. The van der Waals surface area contributed by atoms with Gasteiger partial charge < -0.3 is 14.6 Å². The van der Waals surface area contributed by atoms with Crippen molar-refractivity contribution >= 4 is 31.1 Å². The van der Waals surface area contributed by atoms with E-state index < -0.39 is 18.3 Å². The summed E-state index contributed by atoms with van der Waals surface area (Å²) < 4.78 is 12.2. The SMILES string of the molecule is CNCC(=Cc1cc(C=O)ccc1Cl)B1OC(C)(C)C(C)(C)O1. The summed E-state index contributed by atoms with van der Waals surface area (Å²) in [6.45, 7) is 8.67. The maximum absolute atomic E-state index is 11.0. The molecule has 1 aliphatic rings. The summed E-state index contributed by atoms with van der Waals surface area (Å²) in [5.74, 6) is 0. The monoisotopic (exact) mass is 335 g/mol. The van der Waals surface area contributed by atoms with E-state index in [1.807, 2.05) is 40.8 Å². The van der Waals surface area contributed by atoms with Crippen LogP contribution >= 0.6 is 11.6 Å². The standard InChI is InChI=1S/C17H23BClNO3/c1-16(2)17(3,4)23-18(22-16)14(10-20-5)9-13-8-12(11-21)6-7-15(13)19/h6-9,11,20H,10H2,1-5H3. The van der Waals surface area contributed by atoms with Crippen LogP contribution in [0, 0.1) is 0 Å². The normalized spacial score (nSPS) is 19.9. The van der Waals surface area contributed by atoms with Gasteiger partial charge in [0.25, 0.3) is 0 Å². The van der Waals surface area contributed by atoms with Crippen molar-refractivity contribution in [3.05, 3.63) is 39.8 Å². The molecule has 0 aromatic heterocycles. The molecule has 6 heteroatoms. The zero-order valence-corrected chi connectivity index (χ0v) is 15.0. The Hall–Kier alpha value is -1.14. The quantitative estimate of drug-likeness (QED) is 0.662. The Labute approximate surface area is 143 Å². The molecule has 4 nitrogen and oxygen atoms in total. The number of nitrogens with one attached hydrogen (secondary N) is 1. The Kier molecular flexibility index (Phi) is 5.36. The number of aldehydes is 1. The van der Waals surface area contributed by atoms with Gasteiger partial charge in [0, 0.05) is 17.1 Å². The Bertz CT molecular complexity index is 612. The fourth-order valence-electron chi connectivity index (χ4n) is 2.35. The smallest absolute Gasteiger partial charge is 0.400 e. The Morgan fingerprint density at radius 1 is 1.26 bits per heavy atom. The molecule has 0 atom stereocenters. The molecule has 2 rings (SSSR count). The van der Waals surface area contributed by atoms with Crippen molar-refractivity contribution in [2.45, 2.75) is 38.9 Å². The predicted octanol–water partition coefficient (Wildman–Crippen LogP) is 3.39. The molecule has 0 radical (unpaired) electrons. The van der Waals surface area contributed by atoms with Crippen LogP contribution in [0.25, 0.3) is 6.08 Å². The van der Waals surface area contributed by atoms with Crippen molar-refractivity contribution < 1.29 is 14.1 Å². The van der Waals surface area contributed by atoms with E-state index in [0.29, 0.717) is 17.1 Å². The number of carbonyl (C=O) groups is 1. The van der Waals surface area contributed by atoms with E-state index in [1.54, 1.807) is 18.2 Å². The summed E-state index contributed by atoms with van der Waals surface area (Å²) >= 11 is 6.25. The first kappa shape index (κ1) is 18.2. The largest absolute Gasteiger partial charge is 0.491 e. The summed E-state index contributed by atoms with van der Waals surface area (Å²) in [5, 5.41) is 3.71. The topological polar surface area (TPSA) is 47.6 Å². The summed E-state index contributed by atoms with van der Waals surface area (Å²) in [6, 6.07) is 5.17. The average Bonchev–Trinajstić information content (AvgIpc) is 2.69. The lowest BCUT2D eigenvalue weighted by molar-refractivity contribution is 0.00578. The lowest BCUT2D eigenvalue weighted by atomic mass is 9.77. The highest BCUT2D eigenvalue weighted by atomic mass is 35.5. The summed E-state index contributed by atoms with van der Waals surface area (Å²) in [5.41, 5.74) is 1.48. The first-order valence-electron chi connectivity index (χ1n) is 7.65. The van der Waals surface area contributed by atoms with Crippen LogP contribution in [0.1, 0.15) is 43.6 Å². The van der Waals surface area contributed by atoms with Crippen molar-refractivity contribution in [2.75, 3.05) is 13.6 Å². The second kappa shape index (κ2) is 6.77. The number of likely N-dealkylation sites (N-methyl/N-ethyl adjacent to an activating group) is 1. The van der Waals surface area contributed by atoms with Crippen molar-refractivity contribution in [1.29, 1.82) is 0 Å². The molecular weight excluding hydrogens is 312 g/mol. The third-order valence-corrected chi connectivity index (χ3v) is 4.78. The number of halogens is 1.